The van der Waals surface area contributed by atoms with E-state index in [9.17, 15) is 4.79 Å². The first-order valence-corrected chi connectivity index (χ1v) is 9.54. The van der Waals surface area contributed by atoms with Crippen LogP contribution in [0.4, 0.5) is 4.79 Å². The lowest BCUT2D eigenvalue weighted by Gasteiger charge is -2.27. The molecular weight excluding hydrogens is 342 g/mol. The van der Waals surface area contributed by atoms with Crippen LogP contribution >= 0.6 is 22.7 Å². The summed E-state index contributed by atoms with van der Waals surface area (Å²) in [7, 11) is 0. The van der Waals surface area contributed by atoms with Gasteiger partial charge in [0.15, 0.2) is 5.76 Å². The van der Waals surface area contributed by atoms with Crippen molar-refractivity contribution < 1.29 is 9.21 Å². The van der Waals surface area contributed by atoms with E-state index >= 15 is 0 Å². The molecule has 0 atom stereocenters. The number of thiophene rings is 1. The molecule has 24 heavy (non-hydrogen) atoms. The molecule has 0 spiro atoms. The maximum atomic E-state index is 12.3. The molecule has 0 aliphatic carbocycles. The zero-order valence-electron chi connectivity index (χ0n) is 13.2. The van der Waals surface area contributed by atoms with Gasteiger partial charge in [-0.05, 0) is 42.5 Å². The van der Waals surface area contributed by atoms with E-state index in [1.807, 2.05) is 29.3 Å². The van der Waals surface area contributed by atoms with Gasteiger partial charge in [-0.15, -0.1) is 22.7 Å². The molecular formula is C17H17N3O2S2. The number of hydrogen-bond donors (Lipinski definition) is 1. The minimum absolute atomic E-state index is 0.0469. The number of furan rings is 1. The molecule has 0 aromatic carbocycles. The molecule has 0 unspecified atom stereocenters. The van der Waals surface area contributed by atoms with E-state index in [4.69, 9.17) is 4.42 Å². The summed E-state index contributed by atoms with van der Waals surface area (Å²) >= 11 is 3.37. The third kappa shape index (κ3) is 3.09. The van der Waals surface area contributed by atoms with Gasteiger partial charge < -0.3 is 14.6 Å². The van der Waals surface area contributed by atoms with E-state index in [2.05, 4.69) is 21.7 Å². The molecule has 2 amide bonds. The molecule has 0 saturated carbocycles. The highest BCUT2D eigenvalue weighted by atomic mass is 32.1. The number of amides is 2. The Balaban J connectivity index is 1.35. The lowest BCUT2D eigenvalue weighted by atomic mass is 10.1. The van der Waals surface area contributed by atoms with Gasteiger partial charge in [-0.25, -0.2) is 9.78 Å². The van der Waals surface area contributed by atoms with Crippen molar-refractivity contribution in [3.8, 4) is 11.5 Å². The van der Waals surface area contributed by atoms with Crippen molar-refractivity contribution >= 4 is 28.7 Å². The fourth-order valence-electron chi connectivity index (χ4n) is 2.78. The molecule has 4 rings (SSSR count). The zero-order valence-corrected chi connectivity index (χ0v) is 14.9. The van der Waals surface area contributed by atoms with Crippen LogP contribution in [0, 0.1) is 6.92 Å². The first kappa shape index (κ1) is 15.4. The van der Waals surface area contributed by atoms with Gasteiger partial charge in [0.05, 0.1) is 11.6 Å². The van der Waals surface area contributed by atoms with Crippen LogP contribution in [0.15, 0.2) is 33.4 Å². The van der Waals surface area contributed by atoms with Crippen LogP contribution in [-0.4, -0.2) is 22.5 Å². The third-order valence-electron chi connectivity index (χ3n) is 4.04. The quantitative estimate of drug-likeness (QED) is 0.768. The fraction of sp³-hybridized carbons (Fsp3) is 0.294. The molecule has 3 aromatic rings. The second-order valence-corrected chi connectivity index (χ2v) is 7.78. The number of nitrogens with zero attached hydrogens (tertiary/aromatic N) is 2. The van der Waals surface area contributed by atoms with E-state index in [0.717, 1.165) is 35.2 Å². The Bertz CT molecular complexity index is 865. The highest BCUT2D eigenvalue weighted by Gasteiger charge is 2.21. The Kier molecular flexibility index (Phi) is 4.12. The number of urea groups is 1. The van der Waals surface area contributed by atoms with Gasteiger partial charge >= 0.3 is 6.03 Å². The lowest BCUT2D eigenvalue weighted by molar-refractivity contribution is 0.191. The minimum Gasteiger partial charge on any atom is -0.458 e. The van der Waals surface area contributed by atoms with Crippen molar-refractivity contribution in [2.75, 3.05) is 6.54 Å². The van der Waals surface area contributed by atoms with Gasteiger partial charge in [0.2, 0.25) is 0 Å². The summed E-state index contributed by atoms with van der Waals surface area (Å²) < 4.78 is 5.78. The van der Waals surface area contributed by atoms with Crippen molar-refractivity contribution in [3.63, 3.8) is 0 Å². The first-order valence-electron chi connectivity index (χ1n) is 7.78. The SMILES string of the molecule is Cc1nc(-c2ccc(CNC(=O)N3CCc4sccc4C3)o2)cs1. The first-order chi connectivity index (χ1) is 11.7. The van der Waals surface area contributed by atoms with Crippen LogP contribution in [0.25, 0.3) is 11.5 Å². The van der Waals surface area contributed by atoms with E-state index in [0.29, 0.717) is 13.1 Å². The van der Waals surface area contributed by atoms with Crippen LogP contribution in [0.2, 0.25) is 0 Å². The summed E-state index contributed by atoms with van der Waals surface area (Å²) in [5, 5.41) is 8.02. The zero-order chi connectivity index (χ0) is 16.5. The van der Waals surface area contributed by atoms with Crippen LogP contribution in [0.3, 0.4) is 0 Å². The topological polar surface area (TPSA) is 58.4 Å². The van der Waals surface area contributed by atoms with Crippen LogP contribution < -0.4 is 5.32 Å². The second-order valence-electron chi connectivity index (χ2n) is 5.72. The molecule has 5 nitrogen and oxygen atoms in total. The molecule has 0 fully saturated rings. The standard InChI is InChI=1S/C17H17N3O2S2/c1-11-19-14(10-24-11)15-3-2-13(22-15)8-18-17(21)20-6-4-16-12(9-20)5-7-23-16/h2-3,5,7,10H,4,6,8-9H2,1H3,(H,18,21). The number of rotatable bonds is 3. The smallest absolute Gasteiger partial charge is 0.318 e. The number of aryl methyl sites for hydroxylation is 1. The van der Waals surface area contributed by atoms with Gasteiger partial charge in [0.1, 0.15) is 11.5 Å². The minimum atomic E-state index is -0.0469. The monoisotopic (exact) mass is 359 g/mol. The maximum absolute atomic E-state index is 12.3. The highest BCUT2D eigenvalue weighted by molar-refractivity contribution is 7.10. The second kappa shape index (κ2) is 6.41. The van der Waals surface area contributed by atoms with Crippen molar-refractivity contribution in [1.29, 1.82) is 0 Å². The number of fused-ring (bicyclic) bond motifs is 1. The molecule has 0 radical (unpaired) electrons. The number of hydrogen-bond acceptors (Lipinski definition) is 5. The van der Waals surface area contributed by atoms with E-state index < -0.39 is 0 Å². The number of thiazole rings is 1. The van der Waals surface area contributed by atoms with Crippen molar-refractivity contribution in [1.82, 2.24) is 15.2 Å². The summed E-state index contributed by atoms with van der Waals surface area (Å²) in [6.07, 6.45) is 0.939. The van der Waals surface area contributed by atoms with Crippen molar-refractivity contribution in [2.45, 2.75) is 26.4 Å². The third-order valence-corrected chi connectivity index (χ3v) is 5.84. The van der Waals surface area contributed by atoms with Crippen molar-refractivity contribution in [2.24, 2.45) is 0 Å². The fourth-order valence-corrected chi connectivity index (χ4v) is 4.28. The predicted octanol–water partition coefficient (Wildman–Crippen LogP) is 4.04. The van der Waals surface area contributed by atoms with Crippen LogP contribution in [0.1, 0.15) is 21.2 Å². The Labute approximate surface area is 147 Å². The summed E-state index contributed by atoms with van der Waals surface area (Å²) in [4.78, 5) is 20.0. The molecule has 1 N–H and O–H groups in total. The molecule has 0 saturated heterocycles. The molecule has 4 heterocycles. The van der Waals surface area contributed by atoms with Gasteiger partial charge in [-0.2, -0.15) is 0 Å². The van der Waals surface area contributed by atoms with E-state index in [1.54, 1.807) is 22.7 Å². The van der Waals surface area contributed by atoms with Gasteiger partial charge in [0, 0.05) is 23.3 Å². The Morgan fingerprint density at radius 3 is 3.12 bits per heavy atom. The molecule has 0 bridgehead atoms. The van der Waals surface area contributed by atoms with Gasteiger partial charge in [-0.3, -0.25) is 0 Å². The number of carbonyl (C=O) groups is 1. The molecule has 7 heteroatoms. The Morgan fingerprint density at radius 2 is 2.29 bits per heavy atom. The number of carbonyl (C=O) groups excluding carboxylic acids is 1. The lowest BCUT2D eigenvalue weighted by Crippen LogP contribution is -2.42. The van der Waals surface area contributed by atoms with Gasteiger partial charge in [0.25, 0.3) is 0 Å². The maximum Gasteiger partial charge on any atom is 0.318 e. The summed E-state index contributed by atoms with van der Waals surface area (Å²) in [5.74, 6) is 1.47. The normalized spacial score (nSPS) is 13.8. The Hall–Kier alpha value is -2.12. The largest absolute Gasteiger partial charge is 0.458 e. The highest BCUT2D eigenvalue weighted by Crippen LogP contribution is 2.25. The Morgan fingerprint density at radius 1 is 1.38 bits per heavy atom. The van der Waals surface area contributed by atoms with Crippen LogP contribution in [0.5, 0.6) is 0 Å². The van der Waals surface area contributed by atoms with Crippen LogP contribution in [-0.2, 0) is 19.5 Å². The molecule has 1 aliphatic heterocycles. The van der Waals surface area contributed by atoms with Gasteiger partial charge in [-0.1, -0.05) is 0 Å². The predicted molar refractivity (Wildman–Crippen MR) is 95.2 cm³/mol. The average molecular weight is 359 g/mol. The molecule has 3 aromatic heterocycles. The summed E-state index contributed by atoms with van der Waals surface area (Å²) in [6.45, 7) is 3.80. The number of nitrogens with one attached hydrogen (secondary N) is 1. The number of aromatic nitrogens is 1. The van der Waals surface area contributed by atoms with E-state index in [-0.39, 0.29) is 6.03 Å². The molecule has 1 aliphatic rings. The average Bonchev–Trinajstić information content (AvgIpc) is 3.31. The molecule has 124 valence electrons. The summed E-state index contributed by atoms with van der Waals surface area (Å²) in [6, 6.07) is 5.84. The summed E-state index contributed by atoms with van der Waals surface area (Å²) in [5.41, 5.74) is 2.11. The van der Waals surface area contributed by atoms with E-state index in [1.165, 1.54) is 10.4 Å². The van der Waals surface area contributed by atoms with Crippen molar-refractivity contribution in [3.05, 3.63) is 50.2 Å².